The number of anilines is 1. The van der Waals surface area contributed by atoms with Crippen LogP contribution in [0.5, 0.6) is 0 Å². The quantitative estimate of drug-likeness (QED) is 0.587. The Kier molecular flexibility index (Phi) is 5.18. The van der Waals surface area contributed by atoms with Gasteiger partial charge in [0.2, 0.25) is 0 Å². The van der Waals surface area contributed by atoms with E-state index in [0.29, 0.717) is 25.7 Å². The first-order valence-corrected chi connectivity index (χ1v) is 8.59. The van der Waals surface area contributed by atoms with Crippen molar-refractivity contribution in [3.05, 3.63) is 29.3 Å². The van der Waals surface area contributed by atoms with E-state index in [1.165, 1.54) is 24.0 Å². The average Bonchev–Trinajstić information content (AvgIpc) is 2.61. The number of aliphatic imine (C=N–C) groups is 1. The van der Waals surface area contributed by atoms with Gasteiger partial charge in [-0.25, -0.2) is 0 Å². The highest BCUT2D eigenvalue weighted by molar-refractivity contribution is 5.93. The summed E-state index contributed by atoms with van der Waals surface area (Å²) in [5.74, 6) is 0.434. The fourth-order valence-electron chi connectivity index (χ4n) is 3.50. The SMILES string of the molecule is NC(=NCC1(CO)CCOCC1)Nc1cccc2c1CCCC2. The van der Waals surface area contributed by atoms with Crippen LogP contribution in [0.3, 0.4) is 0 Å². The van der Waals surface area contributed by atoms with Crippen LogP contribution in [0.25, 0.3) is 0 Å². The van der Waals surface area contributed by atoms with Crippen molar-refractivity contribution in [3.8, 4) is 0 Å². The molecular weight excluding hydrogens is 290 g/mol. The minimum absolute atomic E-state index is 0.133. The van der Waals surface area contributed by atoms with Gasteiger partial charge < -0.3 is 20.9 Å². The molecule has 0 aromatic heterocycles. The number of hydrogen-bond donors (Lipinski definition) is 3. The molecule has 5 nitrogen and oxygen atoms in total. The summed E-state index contributed by atoms with van der Waals surface area (Å²) in [7, 11) is 0. The molecule has 1 aliphatic heterocycles. The van der Waals surface area contributed by atoms with E-state index in [9.17, 15) is 5.11 Å². The average molecular weight is 317 g/mol. The Hall–Kier alpha value is -1.59. The third kappa shape index (κ3) is 3.85. The van der Waals surface area contributed by atoms with Crippen molar-refractivity contribution in [1.29, 1.82) is 0 Å². The fourth-order valence-corrected chi connectivity index (χ4v) is 3.50. The maximum atomic E-state index is 9.72. The van der Waals surface area contributed by atoms with Gasteiger partial charge in [-0.15, -0.1) is 0 Å². The molecule has 1 saturated heterocycles. The number of aliphatic hydroxyl groups is 1. The number of nitrogens with two attached hydrogens (primary N) is 1. The summed E-state index contributed by atoms with van der Waals surface area (Å²) in [6.45, 7) is 2.06. The van der Waals surface area contributed by atoms with Crippen molar-refractivity contribution in [2.75, 3.05) is 31.7 Å². The summed E-state index contributed by atoms with van der Waals surface area (Å²) < 4.78 is 5.38. The maximum absolute atomic E-state index is 9.72. The summed E-state index contributed by atoms with van der Waals surface area (Å²) in [4.78, 5) is 4.50. The lowest BCUT2D eigenvalue weighted by Crippen LogP contribution is -2.37. The second-order valence-corrected chi connectivity index (χ2v) is 6.75. The van der Waals surface area contributed by atoms with Gasteiger partial charge in [0, 0.05) is 24.3 Å². The predicted molar refractivity (Wildman–Crippen MR) is 92.8 cm³/mol. The molecule has 1 heterocycles. The summed E-state index contributed by atoms with van der Waals surface area (Å²) >= 11 is 0. The molecule has 1 aromatic carbocycles. The summed E-state index contributed by atoms with van der Waals surface area (Å²) in [6, 6.07) is 6.35. The van der Waals surface area contributed by atoms with E-state index in [2.05, 4.69) is 28.5 Å². The topological polar surface area (TPSA) is 79.9 Å². The molecule has 23 heavy (non-hydrogen) atoms. The largest absolute Gasteiger partial charge is 0.396 e. The molecule has 4 N–H and O–H groups in total. The molecule has 1 fully saturated rings. The number of fused-ring (bicyclic) bond motifs is 1. The molecular formula is C18H27N3O2. The smallest absolute Gasteiger partial charge is 0.193 e. The van der Waals surface area contributed by atoms with Crippen molar-refractivity contribution in [1.82, 2.24) is 0 Å². The molecule has 1 aliphatic carbocycles. The van der Waals surface area contributed by atoms with Gasteiger partial charge in [-0.05, 0) is 55.7 Å². The second kappa shape index (κ2) is 7.32. The Balaban J connectivity index is 1.68. The molecule has 0 radical (unpaired) electrons. The Morgan fingerprint density at radius 3 is 2.83 bits per heavy atom. The molecule has 0 amide bonds. The molecule has 2 aliphatic rings. The van der Waals surface area contributed by atoms with Crippen LogP contribution in [0.2, 0.25) is 0 Å². The van der Waals surface area contributed by atoms with Crippen molar-refractivity contribution >= 4 is 11.6 Å². The third-order valence-electron chi connectivity index (χ3n) is 5.13. The zero-order valence-corrected chi connectivity index (χ0v) is 13.7. The Labute approximate surface area is 137 Å². The summed E-state index contributed by atoms with van der Waals surface area (Å²) in [5, 5.41) is 13.0. The van der Waals surface area contributed by atoms with Crippen LogP contribution in [-0.2, 0) is 17.6 Å². The Morgan fingerprint density at radius 2 is 2.04 bits per heavy atom. The van der Waals surface area contributed by atoms with Crippen molar-refractivity contribution in [2.45, 2.75) is 38.5 Å². The number of guanidine groups is 1. The van der Waals surface area contributed by atoms with Gasteiger partial charge in [-0.2, -0.15) is 0 Å². The monoisotopic (exact) mass is 317 g/mol. The molecule has 5 heteroatoms. The van der Waals surface area contributed by atoms with Crippen molar-refractivity contribution in [2.24, 2.45) is 16.1 Å². The van der Waals surface area contributed by atoms with E-state index in [1.54, 1.807) is 0 Å². The van der Waals surface area contributed by atoms with E-state index in [0.717, 1.165) is 31.4 Å². The maximum Gasteiger partial charge on any atom is 0.193 e. The lowest BCUT2D eigenvalue weighted by Gasteiger charge is -2.34. The first-order chi connectivity index (χ1) is 11.2. The number of benzene rings is 1. The third-order valence-corrected chi connectivity index (χ3v) is 5.13. The fraction of sp³-hybridized carbons (Fsp3) is 0.611. The molecule has 0 atom stereocenters. The van der Waals surface area contributed by atoms with Crippen LogP contribution in [0.15, 0.2) is 23.2 Å². The number of nitrogens with one attached hydrogen (secondary N) is 1. The van der Waals surface area contributed by atoms with Gasteiger partial charge >= 0.3 is 0 Å². The summed E-state index contributed by atoms with van der Waals surface area (Å²) in [5.41, 5.74) is 9.79. The van der Waals surface area contributed by atoms with Gasteiger partial charge in [0.25, 0.3) is 0 Å². The standard InChI is InChI=1S/C18H27N3O2/c19-17(20-12-18(13-22)8-10-23-11-9-18)21-16-7-3-5-14-4-1-2-6-15(14)16/h3,5,7,22H,1-2,4,6,8-13H2,(H3,19,20,21). The lowest BCUT2D eigenvalue weighted by molar-refractivity contribution is -0.0105. The number of aryl methyl sites for hydroxylation is 1. The van der Waals surface area contributed by atoms with E-state index in [4.69, 9.17) is 10.5 Å². The number of rotatable bonds is 4. The highest BCUT2D eigenvalue weighted by Gasteiger charge is 2.31. The van der Waals surface area contributed by atoms with E-state index < -0.39 is 0 Å². The van der Waals surface area contributed by atoms with Crippen LogP contribution in [-0.4, -0.2) is 37.4 Å². The van der Waals surface area contributed by atoms with Crippen molar-refractivity contribution in [3.63, 3.8) is 0 Å². The molecule has 0 unspecified atom stereocenters. The van der Waals surface area contributed by atoms with Crippen LogP contribution in [0.4, 0.5) is 5.69 Å². The number of nitrogens with zero attached hydrogens (tertiary/aromatic N) is 1. The van der Waals surface area contributed by atoms with Gasteiger partial charge in [0.05, 0.1) is 13.2 Å². The highest BCUT2D eigenvalue weighted by atomic mass is 16.5. The van der Waals surface area contributed by atoms with Crippen molar-refractivity contribution < 1.29 is 9.84 Å². The zero-order chi connectivity index (χ0) is 16.1. The van der Waals surface area contributed by atoms with Gasteiger partial charge in [-0.3, -0.25) is 4.99 Å². The molecule has 0 saturated carbocycles. The molecule has 0 spiro atoms. The van der Waals surface area contributed by atoms with E-state index in [1.807, 2.05) is 0 Å². The van der Waals surface area contributed by atoms with Gasteiger partial charge in [-0.1, -0.05) is 12.1 Å². The predicted octanol–water partition coefficient (Wildman–Crippen LogP) is 2.08. The Morgan fingerprint density at radius 1 is 1.26 bits per heavy atom. The van der Waals surface area contributed by atoms with Gasteiger partial charge in [0.1, 0.15) is 0 Å². The first-order valence-electron chi connectivity index (χ1n) is 8.59. The first kappa shape index (κ1) is 16.3. The molecule has 0 bridgehead atoms. The lowest BCUT2D eigenvalue weighted by atomic mass is 9.81. The van der Waals surface area contributed by atoms with Crippen LogP contribution < -0.4 is 11.1 Å². The molecule has 3 rings (SSSR count). The van der Waals surface area contributed by atoms with Crippen LogP contribution in [0.1, 0.15) is 36.8 Å². The summed E-state index contributed by atoms with van der Waals surface area (Å²) in [6.07, 6.45) is 6.42. The van der Waals surface area contributed by atoms with Crippen LogP contribution in [0, 0.1) is 5.41 Å². The van der Waals surface area contributed by atoms with E-state index >= 15 is 0 Å². The minimum Gasteiger partial charge on any atom is -0.396 e. The minimum atomic E-state index is -0.180. The van der Waals surface area contributed by atoms with E-state index in [-0.39, 0.29) is 12.0 Å². The normalized spacial score (nSPS) is 20.8. The zero-order valence-electron chi connectivity index (χ0n) is 13.7. The number of ether oxygens (including phenoxy) is 1. The number of aliphatic hydroxyl groups excluding tert-OH is 1. The molecule has 1 aromatic rings. The highest BCUT2D eigenvalue weighted by Crippen LogP contribution is 2.30. The number of hydrogen-bond acceptors (Lipinski definition) is 3. The van der Waals surface area contributed by atoms with Crippen LogP contribution >= 0.6 is 0 Å². The van der Waals surface area contributed by atoms with Gasteiger partial charge in [0.15, 0.2) is 5.96 Å². The molecule has 126 valence electrons. The second-order valence-electron chi connectivity index (χ2n) is 6.75. The Bertz CT molecular complexity index is 565.